The summed E-state index contributed by atoms with van der Waals surface area (Å²) in [7, 11) is 0. The molecule has 1 unspecified atom stereocenters. The third kappa shape index (κ3) is 3.78. The largest absolute Gasteiger partial charge is 0.388 e. The Morgan fingerprint density at radius 2 is 1.75 bits per heavy atom. The molecule has 1 aliphatic rings. The van der Waals surface area contributed by atoms with E-state index >= 15 is 0 Å². The van der Waals surface area contributed by atoms with E-state index in [0.717, 1.165) is 18.5 Å². The zero-order chi connectivity index (χ0) is 10.5. The van der Waals surface area contributed by atoms with Gasteiger partial charge in [0, 0.05) is 6.54 Å². The highest BCUT2D eigenvalue weighted by molar-refractivity contribution is 5.85. The lowest BCUT2D eigenvalue weighted by atomic mass is 10.1. The van der Waals surface area contributed by atoms with Crippen molar-refractivity contribution in [2.45, 2.75) is 25.4 Å². The van der Waals surface area contributed by atoms with Crippen LogP contribution in [0.3, 0.4) is 0 Å². The molecule has 0 aromatic heterocycles. The Kier molecular flexibility index (Phi) is 5.81. The quantitative estimate of drug-likeness (QED) is 0.876. The zero-order valence-electron chi connectivity index (χ0n) is 9.51. The smallest absolute Gasteiger partial charge is 0.0802 e. The first-order chi connectivity index (χ1) is 7.36. The van der Waals surface area contributed by atoms with Crippen molar-refractivity contribution in [2.75, 3.05) is 19.6 Å². The minimum atomic E-state index is -0.299. The highest BCUT2D eigenvalue weighted by Gasteiger charge is 2.13. The minimum Gasteiger partial charge on any atom is -0.388 e. The molecule has 2 rings (SSSR count). The first-order valence-corrected chi connectivity index (χ1v) is 5.81. The normalized spacial score (nSPS) is 18.1. The molecule has 0 bridgehead atoms. The summed E-state index contributed by atoms with van der Waals surface area (Å²) >= 11 is 0. The highest BCUT2D eigenvalue weighted by atomic mass is 35.5. The van der Waals surface area contributed by atoms with Crippen LogP contribution in [0, 0.1) is 0 Å². The third-order valence-corrected chi connectivity index (χ3v) is 3.10. The van der Waals surface area contributed by atoms with Gasteiger partial charge in [-0.05, 0) is 37.9 Å². The standard InChI is InChI=1S/C13H19NO.ClH/c15-13(12-6-2-1-3-7-12)8-11-14-9-4-5-10-14;/h1-3,6-7,13,15H,4-5,8-11H2;1H. The van der Waals surface area contributed by atoms with E-state index in [4.69, 9.17) is 0 Å². The van der Waals surface area contributed by atoms with Gasteiger partial charge >= 0.3 is 0 Å². The van der Waals surface area contributed by atoms with Crippen LogP contribution in [-0.4, -0.2) is 29.6 Å². The van der Waals surface area contributed by atoms with Crippen LogP contribution in [0.2, 0.25) is 0 Å². The molecule has 0 saturated carbocycles. The number of aliphatic hydroxyl groups is 1. The number of benzene rings is 1. The van der Waals surface area contributed by atoms with Gasteiger partial charge in [0.05, 0.1) is 6.10 Å². The lowest BCUT2D eigenvalue weighted by Gasteiger charge is -2.17. The van der Waals surface area contributed by atoms with Crippen LogP contribution in [0.4, 0.5) is 0 Å². The van der Waals surface area contributed by atoms with E-state index in [1.54, 1.807) is 0 Å². The van der Waals surface area contributed by atoms with Crippen LogP contribution >= 0.6 is 12.4 Å². The number of halogens is 1. The molecular formula is C13H20ClNO. The molecule has 1 saturated heterocycles. The first-order valence-electron chi connectivity index (χ1n) is 5.81. The summed E-state index contributed by atoms with van der Waals surface area (Å²) in [6, 6.07) is 9.93. The van der Waals surface area contributed by atoms with Crippen LogP contribution < -0.4 is 0 Å². The summed E-state index contributed by atoms with van der Waals surface area (Å²) < 4.78 is 0. The van der Waals surface area contributed by atoms with Crippen molar-refractivity contribution in [2.24, 2.45) is 0 Å². The zero-order valence-corrected chi connectivity index (χ0v) is 10.3. The summed E-state index contributed by atoms with van der Waals surface area (Å²) in [4.78, 5) is 2.44. The second-order valence-electron chi connectivity index (χ2n) is 4.26. The summed E-state index contributed by atoms with van der Waals surface area (Å²) in [5.74, 6) is 0. The van der Waals surface area contributed by atoms with Crippen molar-refractivity contribution in [3.63, 3.8) is 0 Å². The van der Waals surface area contributed by atoms with Gasteiger partial charge < -0.3 is 10.0 Å². The van der Waals surface area contributed by atoms with Gasteiger partial charge in [-0.2, -0.15) is 0 Å². The highest BCUT2D eigenvalue weighted by Crippen LogP contribution is 2.17. The van der Waals surface area contributed by atoms with Gasteiger partial charge in [-0.25, -0.2) is 0 Å². The number of likely N-dealkylation sites (tertiary alicyclic amines) is 1. The van der Waals surface area contributed by atoms with E-state index < -0.39 is 0 Å². The molecule has 0 amide bonds. The molecule has 1 fully saturated rings. The maximum atomic E-state index is 9.95. The molecule has 1 atom stereocenters. The van der Waals surface area contributed by atoms with Gasteiger partial charge in [-0.3, -0.25) is 0 Å². The number of nitrogens with zero attached hydrogens (tertiary/aromatic N) is 1. The van der Waals surface area contributed by atoms with Crippen LogP contribution in [0.25, 0.3) is 0 Å². The summed E-state index contributed by atoms with van der Waals surface area (Å²) in [5, 5.41) is 9.95. The van der Waals surface area contributed by atoms with Crippen molar-refractivity contribution in [1.29, 1.82) is 0 Å². The predicted octanol–water partition coefficient (Wildman–Crippen LogP) is 2.63. The Balaban J connectivity index is 0.00000128. The fourth-order valence-corrected chi connectivity index (χ4v) is 2.15. The van der Waals surface area contributed by atoms with Crippen LogP contribution in [0.15, 0.2) is 30.3 Å². The summed E-state index contributed by atoms with van der Waals surface area (Å²) in [5.41, 5.74) is 1.04. The molecule has 3 heteroatoms. The van der Waals surface area contributed by atoms with Crippen molar-refractivity contribution in [1.82, 2.24) is 4.90 Å². The van der Waals surface area contributed by atoms with Crippen molar-refractivity contribution in [3.05, 3.63) is 35.9 Å². The topological polar surface area (TPSA) is 23.5 Å². The Labute approximate surface area is 104 Å². The molecule has 90 valence electrons. The van der Waals surface area contributed by atoms with Crippen LogP contribution in [-0.2, 0) is 0 Å². The van der Waals surface area contributed by atoms with E-state index in [-0.39, 0.29) is 18.5 Å². The monoisotopic (exact) mass is 241 g/mol. The van der Waals surface area contributed by atoms with Gasteiger partial charge in [-0.1, -0.05) is 30.3 Å². The molecule has 0 aliphatic carbocycles. The van der Waals surface area contributed by atoms with E-state index in [1.807, 2.05) is 30.3 Å². The van der Waals surface area contributed by atoms with Crippen molar-refractivity contribution in [3.8, 4) is 0 Å². The average Bonchev–Trinajstić information content (AvgIpc) is 2.80. The summed E-state index contributed by atoms with van der Waals surface area (Å²) in [6.07, 6.45) is 3.19. The number of aliphatic hydroxyl groups excluding tert-OH is 1. The maximum absolute atomic E-state index is 9.95. The van der Waals surface area contributed by atoms with Gasteiger partial charge in [-0.15, -0.1) is 12.4 Å². The molecule has 1 heterocycles. The Morgan fingerprint density at radius 1 is 1.12 bits per heavy atom. The fraction of sp³-hybridized carbons (Fsp3) is 0.538. The molecular weight excluding hydrogens is 222 g/mol. The Morgan fingerprint density at radius 3 is 2.38 bits per heavy atom. The molecule has 16 heavy (non-hydrogen) atoms. The molecule has 1 aromatic carbocycles. The van der Waals surface area contributed by atoms with E-state index in [1.165, 1.54) is 25.9 Å². The van der Waals surface area contributed by atoms with Gasteiger partial charge in [0.25, 0.3) is 0 Å². The van der Waals surface area contributed by atoms with Crippen molar-refractivity contribution >= 4 is 12.4 Å². The number of hydrogen-bond acceptors (Lipinski definition) is 2. The van der Waals surface area contributed by atoms with Crippen LogP contribution in [0.1, 0.15) is 30.9 Å². The molecule has 1 aliphatic heterocycles. The lowest BCUT2D eigenvalue weighted by molar-refractivity contribution is 0.149. The first kappa shape index (κ1) is 13.5. The molecule has 1 N–H and O–H groups in total. The third-order valence-electron chi connectivity index (χ3n) is 3.10. The molecule has 2 nitrogen and oxygen atoms in total. The molecule has 0 radical (unpaired) electrons. The van der Waals surface area contributed by atoms with E-state index in [2.05, 4.69) is 4.90 Å². The van der Waals surface area contributed by atoms with Gasteiger partial charge in [0.1, 0.15) is 0 Å². The second-order valence-corrected chi connectivity index (χ2v) is 4.26. The van der Waals surface area contributed by atoms with Gasteiger partial charge in [0.2, 0.25) is 0 Å². The number of rotatable bonds is 4. The maximum Gasteiger partial charge on any atom is 0.0802 e. The SMILES string of the molecule is Cl.OC(CCN1CCCC1)c1ccccc1. The Bertz CT molecular complexity index is 285. The average molecular weight is 242 g/mol. The molecule has 1 aromatic rings. The second kappa shape index (κ2) is 6.89. The molecule has 0 spiro atoms. The van der Waals surface area contributed by atoms with Crippen LogP contribution in [0.5, 0.6) is 0 Å². The Hall–Kier alpha value is -0.570. The van der Waals surface area contributed by atoms with Gasteiger partial charge in [0.15, 0.2) is 0 Å². The van der Waals surface area contributed by atoms with E-state index in [0.29, 0.717) is 0 Å². The fourth-order valence-electron chi connectivity index (χ4n) is 2.15. The predicted molar refractivity (Wildman–Crippen MR) is 68.9 cm³/mol. The van der Waals surface area contributed by atoms with E-state index in [9.17, 15) is 5.11 Å². The summed E-state index contributed by atoms with van der Waals surface area (Å²) in [6.45, 7) is 3.44. The van der Waals surface area contributed by atoms with Crippen molar-refractivity contribution < 1.29 is 5.11 Å². The minimum absolute atomic E-state index is 0. The number of hydrogen-bond donors (Lipinski definition) is 1. The lowest BCUT2D eigenvalue weighted by Crippen LogP contribution is -2.22.